The molecule has 0 radical (unpaired) electrons. The molecule has 154 valence electrons. The molecular weight excluding hydrogens is 370 g/mol. The van der Waals surface area contributed by atoms with Crippen LogP contribution in [-0.2, 0) is 20.9 Å². The van der Waals surface area contributed by atoms with Gasteiger partial charge in [0, 0.05) is 0 Å². The highest BCUT2D eigenvalue weighted by atomic mass is 16.6. The number of rotatable bonds is 4. The Morgan fingerprint density at radius 2 is 1.72 bits per heavy atom. The summed E-state index contributed by atoms with van der Waals surface area (Å²) in [5.74, 6) is 0.122. The van der Waals surface area contributed by atoms with Gasteiger partial charge in [-0.3, -0.25) is 4.90 Å². The summed E-state index contributed by atoms with van der Waals surface area (Å²) in [5.41, 5.74) is 1.77. The quantitative estimate of drug-likeness (QED) is 0.694. The first-order valence-corrected chi connectivity index (χ1v) is 9.61. The van der Waals surface area contributed by atoms with E-state index in [2.05, 4.69) is 0 Å². The Kier molecular flexibility index (Phi) is 5.82. The van der Waals surface area contributed by atoms with E-state index in [9.17, 15) is 9.59 Å². The maximum Gasteiger partial charge on any atom is 0.411 e. The van der Waals surface area contributed by atoms with E-state index >= 15 is 0 Å². The maximum absolute atomic E-state index is 13.0. The largest absolute Gasteiger partial charge is 0.497 e. The molecule has 0 bridgehead atoms. The molecule has 3 rings (SSSR count). The van der Waals surface area contributed by atoms with Crippen LogP contribution < -0.4 is 4.74 Å². The molecule has 29 heavy (non-hydrogen) atoms. The van der Waals surface area contributed by atoms with Crippen molar-refractivity contribution < 1.29 is 23.8 Å². The number of ether oxygens (including phenoxy) is 3. The second-order valence-corrected chi connectivity index (χ2v) is 8.05. The number of esters is 1. The van der Waals surface area contributed by atoms with E-state index in [1.54, 1.807) is 33.9 Å². The van der Waals surface area contributed by atoms with Crippen LogP contribution in [0.25, 0.3) is 0 Å². The van der Waals surface area contributed by atoms with Crippen LogP contribution in [0.15, 0.2) is 48.5 Å². The number of carbonyl (C=O) groups is 2. The summed E-state index contributed by atoms with van der Waals surface area (Å²) in [7, 11) is 1.56. The molecule has 0 saturated carbocycles. The first-order chi connectivity index (χ1) is 13.7. The summed E-state index contributed by atoms with van der Waals surface area (Å²) in [6.45, 7) is 7.40. The van der Waals surface area contributed by atoms with Gasteiger partial charge in [0.05, 0.1) is 13.2 Å². The Hall–Kier alpha value is -3.02. The molecule has 1 aliphatic heterocycles. The fourth-order valence-electron chi connectivity index (χ4n) is 3.48. The van der Waals surface area contributed by atoms with E-state index in [-0.39, 0.29) is 12.6 Å². The van der Waals surface area contributed by atoms with Gasteiger partial charge in [0.25, 0.3) is 0 Å². The number of methoxy groups -OCH3 is 1. The number of fused-ring (bicyclic) bond motifs is 1. The van der Waals surface area contributed by atoms with E-state index in [1.807, 2.05) is 49.4 Å². The number of hydrogen-bond donors (Lipinski definition) is 0. The molecule has 2 aromatic carbocycles. The van der Waals surface area contributed by atoms with Crippen LogP contribution in [0.4, 0.5) is 4.79 Å². The lowest BCUT2D eigenvalue weighted by Crippen LogP contribution is -2.39. The van der Waals surface area contributed by atoms with Gasteiger partial charge in [-0.2, -0.15) is 0 Å². The minimum absolute atomic E-state index is 0.129. The summed E-state index contributed by atoms with van der Waals surface area (Å²) in [4.78, 5) is 27.5. The summed E-state index contributed by atoms with van der Waals surface area (Å²) in [6.07, 6.45) is -0.563. The van der Waals surface area contributed by atoms with Crippen LogP contribution in [0.2, 0.25) is 0 Å². The predicted molar refractivity (Wildman–Crippen MR) is 108 cm³/mol. The van der Waals surface area contributed by atoms with Crippen LogP contribution in [0.5, 0.6) is 5.75 Å². The lowest BCUT2D eigenvalue weighted by Gasteiger charge is -2.29. The summed E-state index contributed by atoms with van der Waals surface area (Å²) in [5, 5.41) is 0. The van der Waals surface area contributed by atoms with Gasteiger partial charge in [-0.15, -0.1) is 0 Å². The zero-order valence-electron chi connectivity index (χ0n) is 17.5. The monoisotopic (exact) mass is 397 g/mol. The molecular formula is C23H27NO5. The third-order valence-corrected chi connectivity index (χ3v) is 4.78. The number of nitrogens with zero attached hydrogens (tertiary/aromatic N) is 1. The topological polar surface area (TPSA) is 65.1 Å². The fourth-order valence-corrected chi connectivity index (χ4v) is 3.48. The Labute approximate surface area is 171 Å². The zero-order valence-corrected chi connectivity index (χ0v) is 17.5. The summed E-state index contributed by atoms with van der Waals surface area (Å²) < 4.78 is 16.5. The van der Waals surface area contributed by atoms with E-state index in [0.29, 0.717) is 11.3 Å². The molecule has 0 aliphatic carbocycles. The smallest absolute Gasteiger partial charge is 0.411 e. The van der Waals surface area contributed by atoms with Crippen LogP contribution in [0.3, 0.4) is 0 Å². The lowest BCUT2D eigenvalue weighted by molar-refractivity contribution is -0.161. The standard InChI is InChI=1S/C23H27NO5/c1-15-18-12-11-17(27-5)13-19(18)20(21(25)29-23(2,3)4)24(15)22(26)28-14-16-9-7-6-8-10-16/h6-13,15,20H,14H2,1-5H3. The average molecular weight is 397 g/mol. The van der Waals surface area contributed by atoms with Crippen molar-refractivity contribution in [2.75, 3.05) is 7.11 Å². The number of amides is 1. The van der Waals surface area contributed by atoms with Gasteiger partial charge in [0.15, 0.2) is 6.04 Å². The van der Waals surface area contributed by atoms with Crippen molar-refractivity contribution in [1.82, 2.24) is 4.90 Å². The molecule has 1 heterocycles. The van der Waals surface area contributed by atoms with Crippen LogP contribution in [-0.4, -0.2) is 29.7 Å². The van der Waals surface area contributed by atoms with Crippen molar-refractivity contribution in [2.45, 2.75) is 52.0 Å². The van der Waals surface area contributed by atoms with E-state index in [1.165, 1.54) is 4.90 Å². The SMILES string of the molecule is COc1ccc2c(c1)C(C(=O)OC(C)(C)C)N(C(=O)OCc1ccccc1)C2C. The number of carbonyl (C=O) groups excluding carboxylic acids is 2. The Balaban J connectivity index is 1.90. The van der Waals surface area contributed by atoms with Crippen molar-refractivity contribution >= 4 is 12.1 Å². The van der Waals surface area contributed by atoms with E-state index < -0.39 is 23.7 Å². The van der Waals surface area contributed by atoms with Gasteiger partial charge in [-0.05, 0) is 56.5 Å². The van der Waals surface area contributed by atoms with Crippen LogP contribution >= 0.6 is 0 Å². The molecule has 0 spiro atoms. The molecule has 6 nitrogen and oxygen atoms in total. The second-order valence-electron chi connectivity index (χ2n) is 8.05. The van der Waals surface area contributed by atoms with Gasteiger partial charge in [0.2, 0.25) is 0 Å². The zero-order chi connectivity index (χ0) is 21.2. The van der Waals surface area contributed by atoms with Gasteiger partial charge < -0.3 is 14.2 Å². The van der Waals surface area contributed by atoms with Gasteiger partial charge in [-0.25, -0.2) is 9.59 Å². The normalized spacial score (nSPS) is 18.2. The third-order valence-electron chi connectivity index (χ3n) is 4.78. The Morgan fingerprint density at radius 1 is 1.03 bits per heavy atom. The molecule has 1 amide bonds. The molecule has 0 N–H and O–H groups in total. The van der Waals surface area contributed by atoms with Crippen molar-refractivity contribution in [2.24, 2.45) is 0 Å². The second kappa shape index (κ2) is 8.15. The van der Waals surface area contributed by atoms with E-state index in [0.717, 1.165) is 11.1 Å². The fraction of sp³-hybridized carbons (Fsp3) is 0.391. The predicted octanol–water partition coefficient (Wildman–Crippen LogP) is 4.79. The summed E-state index contributed by atoms with van der Waals surface area (Å²) >= 11 is 0. The minimum Gasteiger partial charge on any atom is -0.497 e. The van der Waals surface area contributed by atoms with Crippen molar-refractivity contribution in [3.05, 3.63) is 65.2 Å². The molecule has 2 atom stereocenters. The number of hydrogen-bond acceptors (Lipinski definition) is 5. The van der Waals surface area contributed by atoms with Gasteiger partial charge in [-0.1, -0.05) is 36.4 Å². The van der Waals surface area contributed by atoms with Gasteiger partial charge in [0.1, 0.15) is 18.0 Å². The lowest BCUT2D eigenvalue weighted by atomic mass is 10.0. The highest BCUT2D eigenvalue weighted by molar-refractivity contribution is 5.86. The molecule has 0 fully saturated rings. The average Bonchev–Trinajstić information content (AvgIpc) is 2.97. The molecule has 0 aromatic heterocycles. The van der Waals surface area contributed by atoms with Crippen LogP contribution in [0, 0.1) is 0 Å². The van der Waals surface area contributed by atoms with Gasteiger partial charge >= 0.3 is 12.1 Å². The maximum atomic E-state index is 13.0. The van der Waals surface area contributed by atoms with E-state index in [4.69, 9.17) is 14.2 Å². The minimum atomic E-state index is -0.891. The van der Waals surface area contributed by atoms with Crippen molar-refractivity contribution in [3.63, 3.8) is 0 Å². The number of benzene rings is 2. The molecule has 1 aliphatic rings. The first kappa shape index (κ1) is 20.7. The molecule has 2 aromatic rings. The van der Waals surface area contributed by atoms with Crippen molar-refractivity contribution in [1.29, 1.82) is 0 Å². The Morgan fingerprint density at radius 3 is 2.34 bits per heavy atom. The summed E-state index contributed by atoms with van der Waals surface area (Å²) in [6, 6.07) is 13.7. The van der Waals surface area contributed by atoms with Crippen LogP contribution in [0.1, 0.15) is 56.5 Å². The molecule has 0 saturated heterocycles. The highest BCUT2D eigenvalue weighted by Crippen LogP contribution is 2.44. The van der Waals surface area contributed by atoms with Crippen molar-refractivity contribution in [3.8, 4) is 5.75 Å². The Bertz CT molecular complexity index is 888. The molecule has 2 unspecified atom stereocenters. The first-order valence-electron chi connectivity index (χ1n) is 9.61. The highest BCUT2D eigenvalue weighted by Gasteiger charge is 2.46. The third kappa shape index (κ3) is 4.53. The molecule has 6 heteroatoms.